The summed E-state index contributed by atoms with van der Waals surface area (Å²) in [5.74, 6) is 0.939. The highest BCUT2D eigenvalue weighted by Gasteiger charge is 2.33. The summed E-state index contributed by atoms with van der Waals surface area (Å²) in [5, 5.41) is 7.28. The van der Waals surface area contributed by atoms with Crippen LogP contribution in [0.15, 0.2) is 24.7 Å². The fourth-order valence-electron chi connectivity index (χ4n) is 2.97. The normalized spacial score (nSPS) is 17.8. The first-order valence-corrected chi connectivity index (χ1v) is 8.30. The Morgan fingerprint density at radius 1 is 1.29 bits per heavy atom. The van der Waals surface area contributed by atoms with Crippen molar-refractivity contribution in [3.05, 3.63) is 24.7 Å². The zero-order valence-corrected chi connectivity index (χ0v) is 14.7. The summed E-state index contributed by atoms with van der Waals surface area (Å²) < 4.78 is 7.21. The number of nitrogens with zero attached hydrogens (tertiary/aromatic N) is 4. The highest BCUT2D eigenvalue weighted by atomic mass is 16.6. The third-order valence-electron chi connectivity index (χ3n) is 4.27. The van der Waals surface area contributed by atoms with Gasteiger partial charge in [0.25, 0.3) is 0 Å². The number of amides is 1. The number of ether oxygens (including phenoxy) is 1. The molecule has 1 N–H and O–H groups in total. The van der Waals surface area contributed by atoms with Gasteiger partial charge < -0.3 is 15.0 Å². The lowest BCUT2D eigenvalue weighted by molar-refractivity contribution is 0.0448. The average Bonchev–Trinajstić information content (AvgIpc) is 2.94. The Balaban J connectivity index is 1.65. The van der Waals surface area contributed by atoms with E-state index in [4.69, 9.17) is 4.74 Å². The summed E-state index contributed by atoms with van der Waals surface area (Å²) in [4.78, 5) is 18.8. The van der Waals surface area contributed by atoms with Crippen LogP contribution in [-0.2, 0) is 4.74 Å². The van der Waals surface area contributed by atoms with Crippen molar-refractivity contribution in [1.29, 1.82) is 0 Å². The number of rotatable bonds is 2. The minimum absolute atomic E-state index is 0.260. The van der Waals surface area contributed by atoms with Crippen LogP contribution in [0, 0.1) is 0 Å². The van der Waals surface area contributed by atoms with Gasteiger partial charge in [-0.25, -0.2) is 14.3 Å². The maximum absolute atomic E-state index is 12.1. The molecule has 7 nitrogen and oxygen atoms in total. The van der Waals surface area contributed by atoms with Gasteiger partial charge >= 0.3 is 6.09 Å². The van der Waals surface area contributed by atoms with Gasteiger partial charge in [-0.05, 0) is 46.6 Å². The van der Waals surface area contributed by atoms with Crippen LogP contribution in [0.3, 0.4) is 0 Å². The Morgan fingerprint density at radius 3 is 2.67 bits per heavy atom. The predicted molar refractivity (Wildman–Crippen MR) is 92.2 cm³/mol. The molecule has 1 aliphatic heterocycles. The van der Waals surface area contributed by atoms with Crippen molar-refractivity contribution in [2.24, 2.45) is 0 Å². The van der Waals surface area contributed by atoms with Gasteiger partial charge in [0.1, 0.15) is 11.1 Å². The van der Waals surface area contributed by atoms with Crippen LogP contribution < -0.4 is 10.2 Å². The maximum Gasteiger partial charge on any atom is 0.408 e. The van der Waals surface area contributed by atoms with Crippen LogP contribution in [0.4, 0.5) is 10.6 Å². The lowest BCUT2D eigenvalue weighted by Gasteiger charge is -2.40. The van der Waals surface area contributed by atoms with Gasteiger partial charge in [0.15, 0.2) is 5.82 Å². The van der Waals surface area contributed by atoms with Gasteiger partial charge in [-0.3, -0.25) is 0 Å². The number of alkyl carbamates (subject to hydrolysis) is 1. The van der Waals surface area contributed by atoms with E-state index in [0.29, 0.717) is 0 Å². The van der Waals surface area contributed by atoms with Crippen molar-refractivity contribution in [3.63, 3.8) is 0 Å². The maximum atomic E-state index is 12.1. The van der Waals surface area contributed by atoms with Crippen LogP contribution in [0.25, 0.3) is 5.52 Å². The van der Waals surface area contributed by atoms with Gasteiger partial charge in [0.2, 0.25) is 0 Å². The second-order valence-corrected chi connectivity index (χ2v) is 7.59. The summed E-state index contributed by atoms with van der Waals surface area (Å²) in [6.07, 6.45) is 6.71. The molecular weight excluding hydrogens is 306 g/mol. The molecule has 24 heavy (non-hydrogen) atoms. The van der Waals surface area contributed by atoms with E-state index >= 15 is 0 Å². The first kappa shape index (κ1) is 16.5. The molecule has 1 aliphatic rings. The number of hydrogen-bond donors (Lipinski definition) is 1. The molecule has 0 aliphatic carbocycles. The number of fused-ring (bicyclic) bond motifs is 1. The van der Waals surface area contributed by atoms with E-state index in [-0.39, 0.29) is 11.6 Å². The Labute approximate surface area is 142 Å². The number of piperidine rings is 1. The molecule has 2 aromatic rings. The molecule has 3 heterocycles. The molecule has 130 valence electrons. The zero-order chi connectivity index (χ0) is 17.4. The summed E-state index contributed by atoms with van der Waals surface area (Å²) in [6.45, 7) is 9.33. The quantitative estimate of drug-likeness (QED) is 0.916. The van der Waals surface area contributed by atoms with E-state index in [9.17, 15) is 4.79 Å². The van der Waals surface area contributed by atoms with Gasteiger partial charge in [-0.1, -0.05) is 0 Å². The number of anilines is 1. The third kappa shape index (κ3) is 3.60. The second-order valence-electron chi connectivity index (χ2n) is 7.59. The fraction of sp³-hybridized carbons (Fsp3) is 0.588. The Hall–Kier alpha value is -2.31. The molecule has 7 heteroatoms. The number of carbonyl (C=O) groups is 1. The van der Waals surface area contributed by atoms with Crippen LogP contribution in [0.1, 0.15) is 40.5 Å². The number of aromatic nitrogens is 3. The standard InChI is InChI=1S/C17H25N5O2/c1-16(2,3)24-15(23)20-17(4)6-10-21(11-7-17)14-13-5-8-19-22(13)12-9-18-14/h5,8-9,12H,6-7,10-11H2,1-4H3,(H,20,23). The van der Waals surface area contributed by atoms with E-state index in [1.807, 2.05) is 37.5 Å². The van der Waals surface area contributed by atoms with Crippen molar-refractivity contribution in [3.8, 4) is 0 Å². The molecule has 0 atom stereocenters. The van der Waals surface area contributed by atoms with Crippen LogP contribution in [-0.4, -0.2) is 44.9 Å². The van der Waals surface area contributed by atoms with Crippen LogP contribution in [0.5, 0.6) is 0 Å². The van der Waals surface area contributed by atoms with Crippen LogP contribution >= 0.6 is 0 Å². The van der Waals surface area contributed by atoms with Crippen molar-refractivity contribution in [2.75, 3.05) is 18.0 Å². The highest BCUT2D eigenvalue weighted by Crippen LogP contribution is 2.27. The van der Waals surface area contributed by atoms with Crippen molar-refractivity contribution in [1.82, 2.24) is 19.9 Å². The fourth-order valence-corrected chi connectivity index (χ4v) is 2.97. The molecule has 0 aromatic carbocycles. The molecule has 0 bridgehead atoms. The lowest BCUT2D eigenvalue weighted by atomic mass is 9.90. The SMILES string of the molecule is CC1(NC(=O)OC(C)(C)C)CCN(c2nccn3nccc23)CC1. The highest BCUT2D eigenvalue weighted by molar-refractivity contribution is 5.70. The number of carbonyl (C=O) groups excluding carboxylic acids is 1. The number of hydrogen-bond acceptors (Lipinski definition) is 5. The summed E-state index contributed by atoms with van der Waals surface area (Å²) >= 11 is 0. The van der Waals surface area contributed by atoms with Gasteiger partial charge in [0, 0.05) is 31.0 Å². The molecule has 3 rings (SSSR count). The Kier molecular flexibility index (Phi) is 4.11. The molecule has 0 unspecified atom stereocenters. The zero-order valence-electron chi connectivity index (χ0n) is 14.7. The third-order valence-corrected chi connectivity index (χ3v) is 4.27. The van der Waals surface area contributed by atoms with Crippen molar-refractivity contribution < 1.29 is 9.53 Å². The average molecular weight is 331 g/mol. The van der Waals surface area contributed by atoms with Gasteiger partial charge in [-0.2, -0.15) is 5.10 Å². The van der Waals surface area contributed by atoms with E-state index in [1.165, 1.54) is 0 Å². The smallest absolute Gasteiger partial charge is 0.408 e. The lowest BCUT2D eigenvalue weighted by Crippen LogP contribution is -2.54. The van der Waals surface area contributed by atoms with E-state index in [2.05, 4.69) is 27.2 Å². The summed E-state index contributed by atoms with van der Waals surface area (Å²) in [5.41, 5.74) is 0.258. The first-order chi connectivity index (χ1) is 11.3. The van der Waals surface area contributed by atoms with Crippen molar-refractivity contribution >= 4 is 17.4 Å². The molecule has 1 fully saturated rings. The Morgan fingerprint density at radius 2 is 2.00 bits per heavy atom. The molecule has 1 saturated heterocycles. The Bertz CT molecular complexity index is 726. The number of nitrogens with one attached hydrogen (secondary N) is 1. The molecular formula is C17H25N5O2. The minimum Gasteiger partial charge on any atom is -0.444 e. The van der Waals surface area contributed by atoms with Gasteiger partial charge in [-0.15, -0.1) is 0 Å². The molecule has 1 amide bonds. The first-order valence-electron chi connectivity index (χ1n) is 8.30. The monoisotopic (exact) mass is 331 g/mol. The minimum atomic E-state index is -0.483. The van der Waals surface area contributed by atoms with E-state index < -0.39 is 5.60 Å². The summed E-state index contributed by atoms with van der Waals surface area (Å²) in [7, 11) is 0. The topological polar surface area (TPSA) is 71.8 Å². The largest absolute Gasteiger partial charge is 0.444 e. The second kappa shape index (κ2) is 5.96. The predicted octanol–water partition coefficient (Wildman–Crippen LogP) is 2.61. The van der Waals surface area contributed by atoms with Crippen molar-refractivity contribution in [2.45, 2.75) is 51.7 Å². The molecule has 0 saturated carbocycles. The summed E-state index contributed by atoms with van der Waals surface area (Å²) in [6, 6.07) is 1.97. The molecule has 0 spiro atoms. The van der Waals surface area contributed by atoms with E-state index in [0.717, 1.165) is 37.3 Å². The van der Waals surface area contributed by atoms with E-state index in [1.54, 1.807) is 12.4 Å². The van der Waals surface area contributed by atoms with Crippen LogP contribution in [0.2, 0.25) is 0 Å². The molecule has 0 radical (unpaired) electrons. The van der Waals surface area contributed by atoms with Gasteiger partial charge in [0.05, 0.1) is 6.20 Å². The molecule has 2 aromatic heterocycles.